The summed E-state index contributed by atoms with van der Waals surface area (Å²) in [6.45, 7) is 16.6. The SMILES string of the molecule is CC(C)=C[C@H](O)C[C@]1(C)O[C@H]1[C@H]1CC[C@@H]2[C@@]3(C)CC[C@H](O[C@@H]4O[C@H](CO)[C@@H](O)[C@H](O)[C@H]4O[C@@H]4O[C@@H](C)[C@H](O)[C@@H](O)[C@H]4O)C(C)(C)[C@@H]3CC[C@@]2(C)[C@@]12COC(=O)C2. The lowest BCUT2D eigenvalue weighted by molar-refractivity contribution is -0.376. The monoisotopic (exact) mass is 796 g/mol. The summed E-state index contributed by atoms with van der Waals surface area (Å²) >= 11 is 0. The molecule has 56 heavy (non-hydrogen) atoms. The summed E-state index contributed by atoms with van der Waals surface area (Å²) in [6, 6.07) is 0. The van der Waals surface area contributed by atoms with Crippen molar-refractivity contribution >= 4 is 5.97 Å². The van der Waals surface area contributed by atoms with Crippen LogP contribution < -0.4 is 0 Å². The van der Waals surface area contributed by atoms with E-state index < -0.39 is 90.6 Å². The van der Waals surface area contributed by atoms with Crippen LogP contribution in [0.4, 0.5) is 0 Å². The first-order valence-electron chi connectivity index (χ1n) is 20.9. The minimum Gasteiger partial charge on any atom is -0.465 e. The van der Waals surface area contributed by atoms with Gasteiger partial charge in [0.05, 0.1) is 49.7 Å². The van der Waals surface area contributed by atoms with Gasteiger partial charge in [-0.15, -0.1) is 0 Å². The van der Waals surface area contributed by atoms with Crippen molar-refractivity contribution in [1.82, 2.24) is 0 Å². The van der Waals surface area contributed by atoms with E-state index in [1.807, 2.05) is 19.9 Å². The second-order valence-electron chi connectivity index (χ2n) is 20.1. The summed E-state index contributed by atoms with van der Waals surface area (Å²) in [5.74, 6) is 0.450. The predicted molar refractivity (Wildman–Crippen MR) is 199 cm³/mol. The van der Waals surface area contributed by atoms with Crippen LogP contribution in [0.15, 0.2) is 11.6 Å². The van der Waals surface area contributed by atoms with Gasteiger partial charge in [0, 0.05) is 11.8 Å². The van der Waals surface area contributed by atoms with Crippen LogP contribution in [0.2, 0.25) is 0 Å². The molecule has 4 saturated heterocycles. The molecule has 320 valence electrons. The van der Waals surface area contributed by atoms with Crippen LogP contribution in [0.25, 0.3) is 0 Å². The average molecular weight is 797 g/mol. The van der Waals surface area contributed by atoms with E-state index in [-0.39, 0.29) is 46.8 Å². The molecule has 7 rings (SSSR count). The third-order valence-corrected chi connectivity index (χ3v) is 16.2. The Balaban J connectivity index is 1.12. The van der Waals surface area contributed by atoms with Crippen molar-refractivity contribution < 1.29 is 69.0 Å². The smallest absolute Gasteiger partial charge is 0.306 e. The standard InChI is InChI=1S/C42H68O14/c1-20(2)15-22(44)16-41(8)35(56-41)23-9-10-26-39(6)13-12-27(38(4,5)25(39)11-14-40(26,7)42(23)17-28(45)51-19-42)54-37-34(32(49)30(47)24(18-43)53-37)55-36-33(50)31(48)29(46)21(3)52-36/h15,21-27,29-37,43-44,46-50H,9-14,16-19H2,1-8H3/t21-,22-,23+,24+,25-,26+,27-,29-,30+,31+,32-,33+,34+,35-,36-,37-,39-,40+,41-,42-/m0/s1. The zero-order valence-electron chi connectivity index (χ0n) is 34.4. The maximum atomic E-state index is 13.1. The Bertz CT molecular complexity index is 1490. The molecule has 7 fully saturated rings. The van der Waals surface area contributed by atoms with Gasteiger partial charge in [-0.1, -0.05) is 39.3 Å². The van der Waals surface area contributed by atoms with Crippen LogP contribution in [-0.2, 0) is 33.2 Å². The number of carbonyl (C=O) groups is 1. The molecule has 0 unspecified atom stereocenters. The lowest BCUT2D eigenvalue weighted by Crippen LogP contribution is -2.67. The summed E-state index contributed by atoms with van der Waals surface area (Å²) < 4.78 is 37.0. The van der Waals surface area contributed by atoms with E-state index in [1.165, 1.54) is 6.92 Å². The summed E-state index contributed by atoms with van der Waals surface area (Å²) in [5, 5.41) is 74.4. The maximum absolute atomic E-state index is 13.1. The van der Waals surface area contributed by atoms with Gasteiger partial charge >= 0.3 is 5.97 Å². The van der Waals surface area contributed by atoms with Gasteiger partial charge < -0.3 is 64.2 Å². The molecule has 7 aliphatic rings. The van der Waals surface area contributed by atoms with E-state index >= 15 is 0 Å². The van der Waals surface area contributed by atoms with Crippen molar-refractivity contribution in [2.75, 3.05) is 13.2 Å². The molecule has 0 aromatic rings. The number of carbonyl (C=O) groups excluding carboxylic acids is 1. The fourth-order valence-electron chi connectivity index (χ4n) is 13.2. The van der Waals surface area contributed by atoms with Crippen molar-refractivity contribution in [1.29, 1.82) is 0 Å². The van der Waals surface area contributed by atoms with Crippen molar-refractivity contribution in [3.8, 4) is 0 Å². The molecule has 4 aliphatic heterocycles. The highest BCUT2D eigenvalue weighted by Gasteiger charge is 2.74. The predicted octanol–water partition coefficient (Wildman–Crippen LogP) is 2.10. The number of hydrogen-bond donors (Lipinski definition) is 7. The highest BCUT2D eigenvalue weighted by atomic mass is 16.8. The number of aliphatic hydroxyl groups excluding tert-OH is 7. The van der Waals surface area contributed by atoms with Gasteiger partial charge in [-0.2, -0.15) is 0 Å². The average Bonchev–Trinajstić information content (AvgIpc) is 3.60. The normalized spacial score (nSPS) is 53.1. The number of esters is 1. The first kappa shape index (κ1) is 42.8. The molecular formula is C42H68O14. The van der Waals surface area contributed by atoms with Crippen LogP contribution >= 0.6 is 0 Å². The minimum absolute atomic E-state index is 0.0694. The number of allylic oxidation sites excluding steroid dienone is 1. The van der Waals surface area contributed by atoms with E-state index in [0.717, 1.165) is 37.7 Å². The molecule has 1 spiro atoms. The topological polar surface area (TPSA) is 217 Å². The van der Waals surface area contributed by atoms with Crippen LogP contribution in [0, 0.1) is 39.4 Å². The zero-order valence-corrected chi connectivity index (χ0v) is 34.4. The third kappa shape index (κ3) is 6.83. The van der Waals surface area contributed by atoms with Gasteiger partial charge in [0.1, 0.15) is 42.7 Å². The van der Waals surface area contributed by atoms with Gasteiger partial charge in [-0.25, -0.2) is 0 Å². The maximum Gasteiger partial charge on any atom is 0.306 e. The summed E-state index contributed by atoms with van der Waals surface area (Å²) in [5.41, 5.74) is -0.559. The highest BCUT2D eigenvalue weighted by molar-refractivity contribution is 5.73. The molecule has 4 heterocycles. The molecule has 7 N–H and O–H groups in total. The highest BCUT2D eigenvalue weighted by Crippen LogP contribution is 2.75. The Kier molecular flexibility index (Phi) is 11.5. The fourth-order valence-corrected chi connectivity index (χ4v) is 13.2. The van der Waals surface area contributed by atoms with Gasteiger partial charge in [0.25, 0.3) is 0 Å². The number of epoxide rings is 1. The lowest BCUT2D eigenvalue weighted by atomic mass is 9.34. The Labute approximate surface area is 330 Å². The van der Waals surface area contributed by atoms with Crippen molar-refractivity contribution in [3.63, 3.8) is 0 Å². The van der Waals surface area contributed by atoms with E-state index in [2.05, 4.69) is 34.6 Å². The summed E-state index contributed by atoms with van der Waals surface area (Å²) in [7, 11) is 0. The largest absolute Gasteiger partial charge is 0.465 e. The Hall–Kier alpha value is -1.27. The lowest BCUT2D eigenvalue weighted by Gasteiger charge is -2.70. The first-order valence-corrected chi connectivity index (χ1v) is 20.9. The minimum atomic E-state index is -1.65. The molecule has 3 saturated carbocycles. The van der Waals surface area contributed by atoms with Crippen molar-refractivity contribution in [2.24, 2.45) is 39.4 Å². The molecule has 0 bridgehead atoms. The van der Waals surface area contributed by atoms with Gasteiger partial charge in [0.2, 0.25) is 0 Å². The molecule has 3 aliphatic carbocycles. The Morgan fingerprint density at radius 3 is 2.21 bits per heavy atom. The quantitative estimate of drug-likeness (QED) is 0.0770. The number of aliphatic hydroxyl groups is 7. The van der Waals surface area contributed by atoms with E-state index in [9.17, 15) is 40.5 Å². The molecule has 0 aromatic carbocycles. The van der Waals surface area contributed by atoms with Crippen molar-refractivity contribution in [2.45, 2.75) is 192 Å². The van der Waals surface area contributed by atoms with E-state index in [1.54, 1.807) is 0 Å². The molecule has 0 amide bonds. The van der Waals surface area contributed by atoms with E-state index in [4.69, 9.17) is 28.4 Å². The third-order valence-electron chi connectivity index (χ3n) is 16.2. The fraction of sp³-hybridized carbons (Fsp3) is 0.929. The zero-order chi connectivity index (χ0) is 40.9. The second-order valence-corrected chi connectivity index (χ2v) is 20.1. The van der Waals surface area contributed by atoms with Gasteiger partial charge in [0.15, 0.2) is 12.6 Å². The second kappa shape index (κ2) is 15.0. The van der Waals surface area contributed by atoms with Crippen LogP contribution in [0.1, 0.15) is 107 Å². The number of ether oxygens (including phenoxy) is 6. The summed E-state index contributed by atoms with van der Waals surface area (Å²) in [6.07, 6.45) is -7.08. The van der Waals surface area contributed by atoms with E-state index in [0.29, 0.717) is 25.9 Å². The first-order chi connectivity index (χ1) is 26.1. The summed E-state index contributed by atoms with van der Waals surface area (Å²) in [4.78, 5) is 13.1. The Morgan fingerprint density at radius 2 is 1.57 bits per heavy atom. The molecule has 14 nitrogen and oxygen atoms in total. The molecule has 20 atom stereocenters. The van der Waals surface area contributed by atoms with Crippen molar-refractivity contribution in [3.05, 3.63) is 11.6 Å². The van der Waals surface area contributed by atoms with Gasteiger partial charge in [-0.05, 0) is 100 Å². The molecule has 14 heteroatoms. The molecule has 0 aromatic heterocycles. The molecular weight excluding hydrogens is 728 g/mol. The molecule has 0 radical (unpaired) electrons. The Morgan fingerprint density at radius 1 is 0.857 bits per heavy atom. The number of fused-ring (bicyclic) bond motifs is 4. The van der Waals surface area contributed by atoms with Gasteiger partial charge in [-0.3, -0.25) is 4.79 Å². The number of rotatable bonds is 9. The van der Waals surface area contributed by atoms with Crippen LogP contribution in [0.3, 0.4) is 0 Å². The van der Waals surface area contributed by atoms with Crippen LogP contribution in [-0.4, -0.2) is 140 Å². The van der Waals surface area contributed by atoms with Crippen LogP contribution in [0.5, 0.6) is 0 Å². The number of hydrogen-bond acceptors (Lipinski definition) is 14. The number of cyclic esters (lactones) is 1.